The molecular weight excluding hydrogens is 198 g/mol. The summed E-state index contributed by atoms with van der Waals surface area (Å²) in [4.78, 5) is 0. The van der Waals surface area contributed by atoms with E-state index in [1.54, 1.807) is 7.11 Å². The lowest BCUT2D eigenvalue weighted by Gasteiger charge is -2.22. The molecule has 1 aromatic carbocycles. The van der Waals surface area contributed by atoms with Crippen molar-refractivity contribution in [2.75, 3.05) is 12.4 Å². The first-order chi connectivity index (χ1) is 6.42. The Balaban J connectivity index is 2.87. The zero-order valence-corrected chi connectivity index (χ0v) is 9.77. The quantitative estimate of drug-likeness (QED) is 0.811. The largest absolute Gasteiger partial charge is 0.495 e. The van der Waals surface area contributed by atoms with Gasteiger partial charge < -0.3 is 10.1 Å². The van der Waals surface area contributed by atoms with Crippen LogP contribution in [-0.2, 0) is 0 Å². The van der Waals surface area contributed by atoms with E-state index in [0.29, 0.717) is 10.8 Å². The van der Waals surface area contributed by atoms with E-state index in [-0.39, 0.29) is 5.54 Å². The van der Waals surface area contributed by atoms with E-state index in [1.165, 1.54) is 0 Å². The Kier molecular flexibility index (Phi) is 3.27. The van der Waals surface area contributed by atoms with E-state index >= 15 is 0 Å². The molecular formula is C11H16ClNO. The lowest BCUT2D eigenvalue weighted by atomic mass is 10.1. The van der Waals surface area contributed by atoms with Gasteiger partial charge in [-0.1, -0.05) is 11.6 Å². The molecule has 0 saturated heterocycles. The molecule has 1 aromatic rings. The summed E-state index contributed by atoms with van der Waals surface area (Å²) in [5.41, 5.74) is 1.04. The number of nitrogens with one attached hydrogen (secondary N) is 1. The van der Waals surface area contributed by atoms with Gasteiger partial charge in [0.25, 0.3) is 0 Å². The second-order valence-electron chi connectivity index (χ2n) is 4.22. The Hall–Kier alpha value is -0.890. The van der Waals surface area contributed by atoms with Crippen LogP contribution < -0.4 is 10.1 Å². The molecule has 0 radical (unpaired) electrons. The number of hydrogen-bond donors (Lipinski definition) is 1. The molecule has 0 unspecified atom stereocenters. The number of halogens is 1. The van der Waals surface area contributed by atoms with E-state index in [4.69, 9.17) is 16.3 Å². The van der Waals surface area contributed by atoms with Crippen molar-refractivity contribution >= 4 is 17.3 Å². The molecule has 0 spiro atoms. The lowest BCUT2D eigenvalue weighted by molar-refractivity contribution is 0.415. The third-order valence-corrected chi connectivity index (χ3v) is 1.97. The first-order valence-electron chi connectivity index (χ1n) is 4.54. The predicted molar refractivity (Wildman–Crippen MR) is 61.4 cm³/mol. The second-order valence-corrected chi connectivity index (χ2v) is 4.63. The first kappa shape index (κ1) is 11.2. The fourth-order valence-corrected chi connectivity index (χ4v) is 1.43. The lowest BCUT2D eigenvalue weighted by Crippen LogP contribution is -2.25. The van der Waals surface area contributed by atoms with Crippen LogP contribution in [0.2, 0.25) is 5.02 Å². The Morgan fingerprint density at radius 3 is 2.36 bits per heavy atom. The van der Waals surface area contributed by atoms with E-state index in [1.807, 2.05) is 18.2 Å². The highest BCUT2D eigenvalue weighted by molar-refractivity contribution is 6.32. The molecule has 0 saturated carbocycles. The van der Waals surface area contributed by atoms with Crippen molar-refractivity contribution in [3.63, 3.8) is 0 Å². The number of anilines is 1. The summed E-state index contributed by atoms with van der Waals surface area (Å²) < 4.78 is 5.07. The summed E-state index contributed by atoms with van der Waals surface area (Å²) in [6, 6.07) is 5.68. The Morgan fingerprint density at radius 1 is 1.29 bits per heavy atom. The molecule has 0 aliphatic rings. The van der Waals surface area contributed by atoms with Crippen LogP contribution in [0.25, 0.3) is 0 Å². The van der Waals surface area contributed by atoms with E-state index in [9.17, 15) is 0 Å². The SMILES string of the molecule is COc1ccc(NC(C)(C)C)cc1Cl. The molecule has 0 atom stereocenters. The molecule has 14 heavy (non-hydrogen) atoms. The predicted octanol–water partition coefficient (Wildman–Crippen LogP) is 3.56. The van der Waals surface area contributed by atoms with Gasteiger partial charge in [-0.15, -0.1) is 0 Å². The maximum absolute atomic E-state index is 5.99. The van der Waals surface area contributed by atoms with E-state index in [2.05, 4.69) is 26.1 Å². The highest BCUT2D eigenvalue weighted by Gasteiger charge is 2.10. The van der Waals surface area contributed by atoms with Crippen molar-refractivity contribution < 1.29 is 4.74 Å². The van der Waals surface area contributed by atoms with Gasteiger partial charge in [0, 0.05) is 11.2 Å². The molecule has 0 fully saturated rings. The van der Waals surface area contributed by atoms with E-state index in [0.717, 1.165) is 5.69 Å². The molecule has 1 N–H and O–H groups in total. The Bertz CT molecular complexity index is 318. The maximum Gasteiger partial charge on any atom is 0.137 e. The standard InChI is InChI=1S/C11H16ClNO/c1-11(2,3)13-8-5-6-10(14-4)9(12)7-8/h5-7,13H,1-4H3. The number of rotatable bonds is 2. The van der Waals surface area contributed by atoms with Crippen LogP contribution in [0.4, 0.5) is 5.69 Å². The van der Waals surface area contributed by atoms with Crippen molar-refractivity contribution in [3.8, 4) is 5.75 Å². The number of methoxy groups -OCH3 is 1. The molecule has 0 aliphatic carbocycles. The normalized spacial score (nSPS) is 11.2. The van der Waals surface area contributed by atoms with Gasteiger partial charge in [0.05, 0.1) is 12.1 Å². The minimum atomic E-state index is 0.0396. The van der Waals surface area contributed by atoms with E-state index < -0.39 is 0 Å². The summed E-state index contributed by atoms with van der Waals surface area (Å²) in [5, 5.41) is 3.96. The van der Waals surface area contributed by atoms with Crippen LogP contribution in [0.3, 0.4) is 0 Å². The molecule has 3 heteroatoms. The van der Waals surface area contributed by atoms with Crippen molar-refractivity contribution in [2.45, 2.75) is 26.3 Å². The van der Waals surface area contributed by atoms with Gasteiger partial charge in [0.1, 0.15) is 5.75 Å². The van der Waals surface area contributed by atoms with Gasteiger partial charge in [-0.3, -0.25) is 0 Å². The first-order valence-corrected chi connectivity index (χ1v) is 4.92. The van der Waals surface area contributed by atoms with Crippen molar-refractivity contribution in [1.82, 2.24) is 0 Å². The summed E-state index contributed by atoms with van der Waals surface area (Å²) in [7, 11) is 1.61. The average molecular weight is 214 g/mol. The molecule has 0 amide bonds. The van der Waals surface area contributed by atoms with Gasteiger partial charge in [0.15, 0.2) is 0 Å². The van der Waals surface area contributed by atoms with Crippen LogP contribution >= 0.6 is 11.6 Å². The monoisotopic (exact) mass is 213 g/mol. The molecule has 0 aliphatic heterocycles. The highest BCUT2D eigenvalue weighted by atomic mass is 35.5. The van der Waals surface area contributed by atoms with Crippen molar-refractivity contribution in [2.24, 2.45) is 0 Å². The summed E-state index contributed by atoms with van der Waals surface area (Å²) >= 11 is 5.99. The van der Waals surface area contributed by atoms with Crippen molar-refractivity contribution in [1.29, 1.82) is 0 Å². The fraction of sp³-hybridized carbons (Fsp3) is 0.455. The number of hydrogen-bond acceptors (Lipinski definition) is 2. The molecule has 78 valence electrons. The van der Waals surface area contributed by atoms with Crippen LogP contribution in [0.1, 0.15) is 20.8 Å². The third-order valence-electron chi connectivity index (χ3n) is 1.67. The topological polar surface area (TPSA) is 21.3 Å². The second kappa shape index (κ2) is 4.09. The van der Waals surface area contributed by atoms with Crippen LogP contribution in [0, 0.1) is 0 Å². The number of ether oxygens (including phenoxy) is 1. The van der Waals surface area contributed by atoms with Gasteiger partial charge in [-0.05, 0) is 39.0 Å². The van der Waals surface area contributed by atoms with Crippen LogP contribution in [0.15, 0.2) is 18.2 Å². The summed E-state index contributed by atoms with van der Waals surface area (Å²) in [6.07, 6.45) is 0. The van der Waals surface area contributed by atoms with Crippen LogP contribution in [-0.4, -0.2) is 12.6 Å². The molecule has 0 aromatic heterocycles. The Labute approximate surface area is 90.2 Å². The number of benzene rings is 1. The molecule has 1 rings (SSSR count). The minimum Gasteiger partial charge on any atom is -0.495 e. The third kappa shape index (κ3) is 3.11. The zero-order chi connectivity index (χ0) is 10.8. The zero-order valence-electron chi connectivity index (χ0n) is 9.02. The highest BCUT2D eigenvalue weighted by Crippen LogP contribution is 2.28. The maximum atomic E-state index is 5.99. The molecule has 0 bridgehead atoms. The molecule has 2 nitrogen and oxygen atoms in total. The minimum absolute atomic E-state index is 0.0396. The summed E-state index contributed by atoms with van der Waals surface area (Å²) in [6.45, 7) is 6.31. The van der Waals surface area contributed by atoms with Crippen LogP contribution in [0.5, 0.6) is 5.75 Å². The van der Waals surface area contributed by atoms with Gasteiger partial charge in [-0.25, -0.2) is 0 Å². The van der Waals surface area contributed by atoms with Gasteiger partial charge >= 0.3 is 0 Å². The van der Waals surface area contributed by atoms with Gasteiger partial charge in [-0.2, -0.15) is 0 Å². The smallest absolute Gasteiger partial charge is 0.137 e. The Morgan fingerprint density at radius 2 is 1.93 bits per heavy atom. The molecule has 0 heterocycles. The van der Waals surface area contributed by atoms with Gasteiger partial charge in [0.2, 0.25) is 0 Å². The summed E-state index contributed by atoms with van der Waals surface area (Å²) in [5.74, 6) is 0.700. The fourth-order valence-electron chi connectivity index (χ4n) is 1.18. The van der Waals surface area contributed by atoms with Crippen molar-refractivity contribution in [3.05, 3.63) is 23.2 Å². The average Bonchev–Trinajstić information content (AvgIpc) is 2.01.